The number of hydrogen-bond donors (Lipinski definition) is 5. The quantitative estimate of drug-likeness (QED) is 0.269. The zero-order valence-electron chi connectivity index (χ0n) is 15.5. The molecule has 0 saturated carbocycles. The van der Waals surface area contributed by atoms with E-state index in [2.05, 4.69) is 40.9 Å². The van der Waals surface area contributed by atoms with E-state index >= 15 is 0 Å². The maximum atomic E-state index is 9.51. The Labute approximate surface area is 169 Å². The third kappa shape index (κ3) is 3.44. The summed E-state index contributed by atoms with van der Waals surface area (Å²) in [6.07, 6.45) is 5.87. The lowest BCUT2D eigenvalue weighted by molar-refractivity contribution is 0.433. The van der Waals surface area contributed by atoms with E-state index in [0.717, 1.165) is 34.1 Å². The summed E-state index contributed by atoms with van der Waals surface area (Å²) in [5.41, 5.74) is 4.37. The molecule has 0 atom stereocenters. The Kier molecular flexibility index (Phi) is 4.33. The van der Waals surface area contributed by atoms with Gasteiger partial charge >= 0.3 is 0 Å². The van der Waals surface area contributed by atoms with Crippen LogP contribution < -0.4 is 10.6 Å². The molecule has 0 fully saturated rings. The highest BCUT2D eigenvalue weighted by Gasteiger charge is 2.11. The molecule has 148 valence electrons. The number of aliphatic hydroxyl groups is 1. The zero-order valence-corrected chi connectivity index (χ0v) is 15.5. The summed E-state index contributed by atoms with van der Waals surface area (Å²) in [5, 5.41) is 27.7. The molecule has 0 aliphatic rings. The molecule has 3 heterocycles. The van der Waals surface area contributed by atoms with Gasteiger partial charge in [-0.05, 0) is 41.6 Å². The van der Waals surface area contributed by atoms with Gasteiger partial charge in [0.15, 0.2) is 0 Å². The zero-order chi connectivity index (χ0) is 20.3. The minimum Gasteiger partial charge on any atom is -0.513 e. The smallest absolute Gasteiger partial charge is 0.268 e. The van der Waals surface area contributed by atoms with E-state index in [-0.39, 0.29) is 0 Å². The van der Waals surface area contributed by atoms with Crippen LogP contribution in [0.15, 0.2) is 72.0 Å². The molecule has 0 amide bonds. The maximum absolute atomic E-state index is 9.51. The van der Waals surface area contributed by atoms with Crippen molar-refractivity contribution < 1.29 is 9.63 Å². The maximum Gasteiger partial charge on any atom is 0.268 e. The summed E-state index contributed by atoms with van der Waals surface area (Å²) in [5.74, 6) is 0.709. The first-order valence-electron chi connectivity index (χ1n) is 9.03. The first-order valence-corrected chi connectivity index (χ1v) is 9.03. The second-order valence-corrected chi connectivity index (χ2v) is 6.43. The summed E-state index contributed by atoms with van der Waals surface area (Å²) in [7, 11) is 0. The van der Waals surface area contributed by atoms with E-state index in [9.17, 15) is 5.11 Å². The number of aromatic nitrogens is 6. The molecule has 10 nitrogen and oxygen atoms in total. The number of fused-ring (bicyclic) bond motifs is 1. The highest BCUT2D eigenvalue weighted by molar-refractivity contribution is 5.82. The largest absolute Gasteiger partial charge is 0.513 e. The number of aliphatic hydroxyl groups excluding tert-OH is 1. The molecule has 5 rings (SSSR count). The van der Waals surface area contributed by atoms with Gasteiger partial charge in [0.05, 0.1) is 35.6 Å². The van der Waals surface area contributed by atoms with Crippen molar-refractivity contribution in [2.45, 2.75) is 0 Å². The molecule has 0 aliphatic carbocycles. The molecule has 0 saturated heterocycles. The van der Waals surface area contributed by atoms with Gasteiger partial charge in [0.1, 0.15) is 6.26 Å². The standard InChI is InChI=1S/C20H16N8O2/c29-10-18(17-9-21-11-22-17)24-14-3-1-2-12(6-14)19-26-20(28-30-19)25-15-4-5-16-13(7-15)8-23-27-16/h1-11,24,29H,(H,21,22)(H,23,27)(H,25,28). The summed E-state index contributed by atoms with van der Waals surface area (Å²) in [4.78, 5) is 11.3. The van der Waals surface area contributed by atoms with Crippen LogP contribution in [0.2, 0.25) is 0 Å². The van der Waals surface area contributed by atoms with Gasteiger partial charge in [0.2, 0.25) is 0 Å². The molecule has 5 N–H and O–H groups in total. The van der Waals surface area contributed by atoms with Gasteiger partial charge in [-0.2, -0.15) is 10.1 Å². The lowest BCUT2D eigenvalue weighted by Crippen LogP contribution is -1.99. The van der Waals surface area contributed by atoms with Crippen LogP contribution in [0.3, 0.4) is 0 Å². The van der Waals surface area contributed by atoms with Crippen LogP contribution in [0.1, 0.15) is 5.69 Å². The number of nitrogens with one attached hydrogen (secondary N) is 4. The average molecular weight is 400 g/mol. The summed E-state index contributed by atoms with van der Waals surface area (Å²) in [6, 6.07) is 13.2. The fraction of sp³-hybridized carbons (Fsp3) is 0. The predicted octanol–water partition coefficient (Wildman–Crippen LogP) is 4.05. The fourth-order valence-electron chi connectivity index (χ4n) is 3.00. The third-order valence-electron chi connectivity index (χ3n) is 4.43. The molecule has 5 aromatic rings. The van der Waals surface area contributed by atoms with Gasteiger partial charge in [-0.15, -0.1) is 0 Å². The normalized spacial score (nSPS) is 11.7. The molecule has 3 aromatic heterocycles. The Bertz CT molecular complexity index is 1320. The molecule has 2 aromatic carbocycles. The van der Waals surface area contributed by atoms with Crippen molar-refractivity contribution in [3.8, 4) is 11.5 Å². The number of anilines is 3. The van der Waals surface area contributed by atoms with Crippen LogP contribution in [0, 0.1) is 0 Å². The Morgan fingerprint density at radius 2 is 2.07 bits per heavy atom. The topological polar surface area (TPSA) is 141 Å². The molecule has 0 aliphatic heterocycles. The fourth-order valence-corrected chi connectivity index (χ4v) is 3.00. The van der Waals surface area contributed by atoms with Gasteiger partial charge in [-0.25, -0.2) is 4.98 Å². The molecular weight excluding hydrogens is 384 g/mol. The lowest BCUT2D eigenvalue weighted by Gasteiger charge is -2.08. The Balaban J connectivity index is 1.35. The molecule has 30 heavy (non-hydrogen) atoms. The van der Waals surface area contributed by atoms with E-state index < -0.39 is 0 Å². The molecule has 10 heteroatoms. The van der Waals surface area contributed by atoms with Crippen LogP contribution in [-0.4, -0.2) is 35.4 Å². The molecule has 0 unspecified atom stereocenters. The van der Waals surface area contributed by atoms with Crippen molar-refractivity contribution in [2.24, 2.45) is 0 Å². The van der Waals surface area contributed by atoms with Crippen molar-refractivity contribution in [2.75, 3.05) is 10.6 Å². The van der Waals surface area contributed by atoms with E-state index in [1.807, 2.05) is 42.5 Å². The van der Waals surface area contributed by atoms with Gasteiger partial charge in [-0.1, -0.05) is 6.07 Å². The Hall–Kier alpha value is -4.60. The van der Waals surface area contributed by atoms with Crippen molar-refractivity contribution in [1.82, 2.24) is 30.3 Å². The Morgan fingerprint density at radius 1 is 1.10 bits per heavy atom. The van der Waals surface area contributed by atoms with Gasteiger partial charge in [0, 0.05) is 22.3 Å². The number of aromatic amines is 2. The van der Waals surface area contributed by atoms with Gasteiger partial charge in [0.25, 0.3) is 11.8 Å². The predicted molar refractivity (Wildman–Crippen MR) is 112 cm³/mol. The third-order valence-corrected chi connectivity index (χ3v) is 4.43. The second-order valence-electron chi connectivity index (χ2n) is 6.43. The first-order chi connectivity index (χ1) is 14.8. The van der Waals surface area contributed by atoms with E-state index in [4.69, 9.17) is 4.52 Å². The molecule has 0 bridgehead atoms. The number of imidazole rings is 1. The molecule has 0 spiro atoms. The number of rotatable bonds is 6. The summed E-state index contributed by atoms with van der Waals surface area (Å²) < 4.78 is 5.40. The number of benzene rings is 2. The monoisotopic (exact) mass is 400 g/mol. The van der Waals surface area contributed by atoms with Crippen molar-refractivity contribution >= 4 is 33.9 Å². The first kappa shape index (κ1) is 17.5. The van der Waals surface area contributed by atoms with E-state index in [1.54, 1.807) is 12.4 Å². The minimum atomic E-state index is 0.347. The SMILES string of the molecule is OC=C(Nc1cccc(-c2nc(Nc3ccc4[nH]ncc4c3)no2)c1)c1cnc[nH]1. The van der Waals surface area contributed by atoms with Crippen molar-refractivity contribution in [3.63, 3.8) is 0 Å². The summed E-state index contributed by atoms with van der Waals surface area (Å²) >= 11 is 0. The average Bonchev–Trinajstić information content (AvgIpc) is 3.53. The van der Waals surface area contributed by atoms with Crippen LogP contribution >= 0.6 is 0 Å². The van der Waals surface area contributed by atoms with Gasteiger partial charge in [-0.3, -0.25) is 5.10 Å². The number of H-pyrrole nitrogens is 2. The van der Waals surface area contributed by atoms with Crippen molar-refractivity contribution in [1.29, 1.82) is 0 Å². The second kappa shape index (κ2) is 7.43. The summed E-state index contributed by atoms with van der Waals surface area (Å²) in [6.45, 7) is 0. The Morgan fingerprint density at radius 3 is 2.93 bits per heavy atom. The highest BCUT2D eigenvalue weighted by atomic mass is 16.5. The minimum absolute atomic E-state index is 0.347. The molecular formula is C20H16N8O2. The molecule has 0 radical (unpaired) electrons. The van der Waals surface area contributed by atoms with Crippen molar-refractivity contribution in [3.05, 3.63) is 73.1 Å². The van der Waals surface area contributed by atoms with Gasteiger partial charge < -0.3 is 25.2 Å². The highest BCUT2D eigenvalue weighted by Crippen LogP contribution is 2.26. The van der Waals surface area contributed by atoms with E-state index in [0.29, 0.717) is 23.2 Å². The number of hydrogen-bond acceptors (Lipinski definition) is 8. The van der Waals surface area contributed by atoms with Crippen LogP contribution in [-0.2, 0) is 0 Å². The lowest BCUT2D eigenvalue weighted by atomic mass is 10.2. The number of nitrogens with zero attached hydrogens (tertiary/aromatic N) is 4. The van der Waals surface area contributed by atoms with E-state index in [1.165, 1.54) is 6.33 Å². The van der Waals surface area contributed by atoms with Crippen LogP contribution in [0.25, 0.3) is 28.1 Å². The van der Waals surface area contributed by atoms with Crippen LogP contribution in [0.4, 0.5) is 17.3 Å². The van der Waals surface area contributed by atoms with Crippen LogP contribution in [0.5, 0.6) is 0 Å².